The Kier molecular flexibility index (Phi) is 6.72. The number of carbonyl (C=O) groups is 3. The van der Waals surface area contributed by atoms with Crippen LogP contribution in [-0.4, -0.2) is 49.9 Å². The van der Waals surface area contributed by atoms with Crippen molar-refractivity contribution in [2.75, 3.05) is 27.2 Å². The summed E-state index contributed by atoms with van der Waals surface area (Å²) in [5.41, 5.74) is 1.08. The van der Waals surface area contributed by atoms with Crippen molar-refractivity contribution in [2.24, 2.45) is 0 Å². The van der Waals surface area contributed by atoms with E-state index in [2.05, 4.69) is 5.32 Å². The van der Waals surface area contributed by atoms with Gasteiger partial charge in [0, 0.05) is 20.5 Å². The Morgan fingerprint density at radius 1 is 1.40 bits per heavy atom. The van der Waals surface area contributed by atoms with Crippen molar-refractivity contribution >= 4 is 29.1 Å². The van der Waals surface area contributed by atoms with Gasteiger partial charge in [-0.1, -0.05) is 0 Å². The van der Waals surface area contributed by atoms with Gasteiger partial charge in [-0.2, -0.15) is 11.3 Å². The largest absolute Gasteiger partial charge is 0.456 e. The van der Waals surface area contributed by atoms with E-state index in [0.29, 0.717) is 6.42 Å². The van der Waals surface area contributed by atoms with Gasteiger partial charge in [-0.15, -0.1) is 0 Å². The average molecular weight is 298 g/mol. The van der Waals surface area contributed by atoms with Gasteiger partial charge >= 0.3 is 5.97 Å². The molecule has 0 atom stereocenters. The fourth-order valence-corrected chi connectivity index (χ4v) is 2.09. The molecule has 1 aromatic heterocycles. The summed E-state index contributed by atoms with van der Waals surface area (Å²) < 4.78 is 4.88. The molecule has 1 heterocycles. The molecule has 0 aromatic carbocycles. The lowest BCUT2D eigenvalue weighted by Gasteiger charge is -2.15. The number of likely N-dealkylation sites (N-methyl/N-ethyl adjacent to an activating group) is 2. The molecular weight excluding hydrogens is 280 g/mol. The van der Waals surface area contributed by atoms with Gasteiger partial charge in [0.2, 0.25) is 5.91 Å². The van der Waals surface area contributed by atoms with E-state index in [1.165, 1.54) is 19.0 Å². The number of ether oxygens (including phenoxy) is 1. The van der Waals surface area contributed by atoms with Gasteiger partial charge in [-0.05, 0) is 28.8 Å². The first kappa shape index (κ1) is 16.2. The highest BCUT2D eigenvalue weighted by Gasteiger charge is 2.14. The fraction of sp³-hybridized carbons (Fsp3) is 0.462. The van der Waals surface area contributed by atoms with Gasteiger partial charge in [0.25, 0.3) is 5.91 Å². The van der Waals surface area contributed by atoms with E-state index < -0.39 is 11.9 Å². The molecule has 110 valence electrons. The number of rotatable bonds is 7. The molecule has 0 unspecified atom stereocenters. The molecule has 1 rings (SSSR count). The zero-order valence-corrected chi connectivity index (χ0v) is 12.4. The quantitative estimate of drug-likeness (QED) is 0.741. The highest BCUT2D eigenvalue weighted by Crippen LogP contribution is 2.08. The summed E-state index contributed by atoms with van der Waals surface area (Å²) in [6, 6.07) is 1.94. The molecule has 7 heteroatoms. The van der Waals surface area contributed by atoms with E-state index >= 15 is 0 Å². The second-order valence-electron chi connectivity index (χ2n) is 4.22. The highest BCUT2D eigenvalue weighted by molar-refractivity contribution is 7.07. The maximum atomic E-state index is 11.6. The molecule has 0 aliphatic rings. The van der Waals surface area contributed by atoms with Crippen LogP contribution in [0.25, 0.3) is 0 Å². The number of thiophene rings is 1. The van der Waals surface area contributed by atoms with Crippen LogP contribution in [0.15, 0.2) is 16.8 Å². The maximum absolute atomic E-state index is 11.6. The molecule has 0 aliphatic heterocycles. The van der Waals surface area contributed by atoms with E-state index in [1.807, 2.05) is 16.8 Å². The number of hydrogen-bond donors (Lipinski definition) is 1. The van der Waals surface area contributed by atoms with Gasteiger partial charge in [0.15, 0.2) is 6.61 Å². The summed E-state index contributed by atoms with van der Waals surface area (Å²) >= 11 is 1.57. The molecule has 6 nitrogen and oxygen atoms in total. The first-order valence-electron chi connectivity index (χ1n) is 6.14. The molecule has 1 aromatic rings. The van der Waals surface area contributed by atoms with Gasteiger partial charge in [0.05, 0.1) is 6.54 Å². The highest BCUT2D eigenvalue weighted by atomic mass is 32.1. The third-order valence-electron chi connectivity index (χ3n) is 2.64. The van der Waals surface area contributed by atoms with E-state index in [1.54, 1.807) is 11.3 Å². The topological polar surface area (TPSA) is 75.7 Å². The predicted molar refractivity (Wildman–Crippen MR) is 75.3 cm³/mol. The predicted octanol–water partition coefficient (Wildman–Crippen LogP) is 0.428. The Balaban J connectivity index is 2.22. The van der Waals surface area contributed by atoms with Crippen LogP contribution in [0.2, 0.25) is 0 Å². The standard InChI is InChI=1S/C13H18N2O4S/c1-14-11(16)7-15(2)12(17)8-19-13(18)4-3-10-5-6-20-9-10/h5-6,9H,3-4,7-8H2,1-2H3,(H,14,16). The van der Waals surface area contributed by atoms with Crippen LogP contribution in [0.3, 0.4) is 0 Å². The first-order valence-corrected chi connectivity index (χ1v) is 7.08. The third-order valence-corrected chi connectivity index (χ3v) is 3.37. The Hall–Kier alpha value is -1.89. The van der Waals surface area contributed by atoms with E-state index in [-0.39, 0.29) is 25.5 Å². The van der Waals surface area contributed by atoms with E-state index in [9.17, 15) is 14.4 Å². The normalized spacial score (nSPS) is 9.90. The molecule has 2 amide bonds. The molecule has 0 aliphatic carbocycles. The Morgan fingerprint density at radius 2 is 2.15 bits per heavy atom. The summed E-state index contributed by atoms with van der Waals surface area (Å²) in [6.45, 7) is -0.391. The van der Waals surface area contributed by atoms with Crippen LogP contribution < -0.4 is 5.32 Å². The van der Waals surface area contributed by atoms with Crippen molar-refractivity contribution in [3.8, 4) is 0 Å². The van der Waals surface area contributed by atoms with Crippen molar-refractivity contribution in [1.29, 1.82) is 0 Å². The lowest BCUT2D eigenvalue weighted by Crippen LogP contribution is -2.39. The monoisotopic (exact) mass is 298 g/mol. The molecular formula is C13H18N2O4S. The molecule has 0 spiro atoms. The second-order valence-corrected chi connectivity index (χ2v) is 5.00. The minimum atomic E-state index is -0.419. The van der Waals surface area contributed by atoms with Crippen LogP contribution in [0.5, 0.6) is 0 Å². The summed E-state index contributed by atoms with van der Waals surface area (Å²) in [5, 5.41) is 6.32. The summed E-state index contributed by atoms with van der Waals surface area (Å²) in [5.74, 6) is -1.10. The van der Waals surface area contributed by atoms with E-state index in [0.717, 1.165) is 5.56 Å². The van der Waals surface area contributed by atoms with Crippen molar-refractivity contribution < 1.29 is 19.1 Å². The van der Waals surface area contributed by atoms with Gasteiger partial charge in [-0.3, -0.25) is 14.4 Å². The Bertz CT molecular complexity index is 459. The van der Waals surface area contributed by atoms with Crippen LogP contribution in [0.4, 0.5) is 0 Å². The zero-order valence-electron chi connectivity index (χ0n) is 11.5. The number of nitrogens with one attached hydrogen (secondary N) is 1. The van der Waals surface area contributed by atoms with Gasteiger partial charge in [0.1, 0.15) is 0 Å². The zero-order chi connectivity index (χ0) is 15.0. The first-order chi connectivity index (χ1) is 9.52. The number of esters is 1. The minimum Gasteiger partial charge on any atom is -0.456 e. The Labute approximate surface area is 121 Å². The number of aryl methyl sites for hydroxylation is 1. The van der Waals surface area contributed by atoms with Crippen molar-refractivity contribution in [3.05, 3.63) is 22.4 Å². The second kappa shape index (κ2) is 8.31. The minimum absolute atomic E-state index is 0.0538. The van der Waals surface area contributed by atoms with Crippen molar-refractivity contribution in [2.45, 2.75) is 12.8 Å². The lowest BCUT2D eigenvalue weighted by molar-refractivity contribution is -0.151. The fourth-order valence-electron chi connectivity index (χ4n) is 1.39. The smallest absolute Gasteiger partial charge is 0.306 e. The molecule has 0 saturated heterocycles. The molecule has 0 saturated carbocycles. The van der Waals surface area contributed by atoms with Gasteiger partial charge in [-0.25, -0.2) is 0 Å². The summed E-state index contributed by atoms with van der Waals surface area (Å²) in [6.07, 6.45) is 0.841. The van der Waals surface area contributed by atoms with Crippen LogP contribution in [-0.2, 0) is 25.5 Å². The molecule has 0 fully saturated rings. The Morgan fingerprint density at radius 3 is 2.75 bits per heavy atom. The third kappa shape index (κ3) is 5.83. The lowest BCUT2D eigenvalue weighted by atomic mass is 10.2. The van der Waals surface area contributed by atoms with E-state index in [4.69, 9.17) is 4.74 Å². The number of amides is 2. The molecule has 1 N–H and O–H groups in total. The summed E-state index contributed by atoms with van der Waals surface area (Å²) in [7, 11) is 2.97. The molecule has 0 radical (unpaired) electrons. The van der Waals surface area contributed by atoms with Crippen molar-refractivity contribution in [3.63, 3.8) is 0 Å². The van der Waals surface area contributed by atoms with Crippen LogP contribution in [0, 0.1) is 0 Å². The molecule has 20 heavy (non-hydrogen) atoms. The SMILES string of the molecule is CNC(=O)CN(C)C(=O)COC(=O)CCc1ccsc1. The average Bonchev–Trinajstić information content (AvgIpc) is 2.95. The number of nitrogens with zero attached hydrogens (tertiary/aromatic N) is 1. The maximum Gasteiger partial charge on any atom is 0.306 e. The molecule has 0 bridgehead atoms. The van der Waals surface area contributed by atoms with Crippen LogP contribution in [0.1, 0.15) is 12.0 Å². The summed E-state index contributed by atoms with van der Waals surface area (Å²) in [4.78, 5) is 35.4. The number of carbonyl (C=O) groups excluding carboxylic acids is 3. The van der Waals surface area contributed by atoms with Crippen molar-refractivity contribution in [1.82, 2.24) is 10.2 Å². The number of hydrogen-bond acceptors (Lipinski definition) is 5. The van der Waals surface area contributed by atoms with Gasteiger partial charge < -0.3 is 15.0 Å². The van der Waals surface area contributed by atoms with Crippen LogP contribution >= 0.6 is 11.3 Å².